The highest BCUT2D eigenvalue weighted by Gasteiger charge is 2.43. The number of benzene rings is 2. The van der Waals surface area contributed by atoms with Gasteiger partial charge >= 0.3 is 0 Å². The molecule has 2 aliphatic rings. The fourth-order valence-corrected chi connectivity index (χ4v) is 4.56. The van der Waals surface area contributed by atoms with Crippen LogP contribution < -0.4 is 16.4 Å². The number of guanidine groups is 2. The topological polar surface area (TPSA) is 80.0 Å². The van der Waals surface area contributed by atoms with E-state index in [0.717, 1.165) is 42.5 Å². The predicted octanol–water partition coefficient (Wildman–Crippen LogP) is 4.19. The molecule has 4 rings (SSSR count). The van der Waals surface area contributed by atoms with Crippen molar-refractivity contribution in [1.29, 1.82) is 0 Å². The van der Waals surface area contributed by atoms with Crippen molar-refractivity contribution in [2.45, 2.75) is 42.7 Å². The number of anilines is 1. The zero-order valence-corrected chi connectivity index (χ0v) is 16.4. The summed E-state index contributed by atoms with van der Waals surface area (Å²) >= 11 is 1.74. The first kappa shape index (κ1) is 17.9. The predicted molar refractivity (Wildman–Crippen MR) is 115 cm³/mol. The summed E-state index contributed by atoms with van der Waals surface area (Å²) in [4.78, 5) is 12.4. The lowest BCUT2D eigenvalue weighted by atomic mass is 9.86. The van der Waals surface area contributed by atoms with Crippen molar-refractivity contribution < 1.29 is 0 Å². The standard InChI is InChI=1S/C21H25N5S/c1-27-16-11-9-15(10-12-16)17-7-3-4-8-18(17)26-20(23)24-19(22)25-21(26)13-5-2-6-14-21/h3-4,7-12H,2,5-6,13-14H2,1H3,(H4,22,23,24,25). The Balaban J connectivity index is 1.83. The Bertz CT molecular complexity index is 882. The number of aliphatic imine (C=N–C) groups is 2. The molecule has 0 atom stereocenters. The van der Waals surface area contributed by atoms with Gasteiger partial charge in [0.15, 0.2) is 0 Å². The molecule has 27 heavy (non-hydrogen) atoms. The zero-order valence-electron chi connectivity index (χ0n) is 15.6. The molecular formula is C21H25N5S. The summed E-state index contributed by atoms with van der Waals surface area (Å²) in [6.45, 7) is 0. The van der Waals surface area contributed by atoms with Gasteiger partial charge in [0.05, 0.1) is 5.69 Å². The van der Waals surface area contributed by atoms with Crippen molar-refractivity contribution in [2.24, 2.45) is 21.5 Å². The summed E-state index contributed by atoms with van der Waals surface area (Å²) in [5, 5.41) is 0. The van der Waals surface area contributed by atoms with Crippen molar-refractivity contribution in [3.8, 4) is 11.1 Å². The molecule has 140 valence electrons. The quantitative estimate of drug-likeness (QED) is 0.784. The maximum absolute atomic E-state index is 6.41. The second-order valence-electron chi connectivity index (χ2n) is 7.06. The molecule has 0 radical (unpaired) electrons. The van der Waals surface area contributed by atoms with E-state index < -0.39 is 5.66 Å². The van der Waals surface area contributed by atoms with Gasteiger partial charge in [-0.3, -0.25) is 4.90 Å². The van der Waals surface area contributed by atoms with Crippen LogP contribution in [-0.2, 0) is 0 Å². The van der Waals surface area contributed by atoms with Gasteiger partial charge in [0.1, 0.15) is 5.66 Å². The van der Waals surface area contributed by atoms with Crippen molar-refractivity contribution in [3.05, 3.63) is 48.5 Å². The molecule has 1 aliphatic carbocycles. The van der Waals surface area contributed by atoms with Crippen LogP contribution in [0.25, 0.3) is 11.1 Å². The van der Waals surface area contributed by atoms with Crippen molar-refractivity contribution >= 4 is 29.4 Å². The lowest BCUT2D eigenvalue weighted by molar-refractivity contribution is 0.305. The first-order valence-electron chi connectivity index (χ1n) is 9.36. The van der Waals surface area contributed by atoms with E-state index in [1.54, 1.807) is 11.8 Å². The Morgan fingerprint density at radius 2 is 1.67 bits per heavy atom. The van der Waals surface area contributed by atoms with Crippen LogP contribution in [0.15, 0.2) is 63.4 Å². The molecule has 0 aromatic heterocycles. The fourth-order valence-electron chi connectivity index (χ4n) is 4.15. The number of nitrogens with zero attached hydrogens (tertiary/aromatic N) is 3. The van der Waals surface area contributed by atoms with Gasteiger partial charge in [-0.1, -0.05) is 36.8 Å². The van der Waals surface area contributed by atoms with Crippen LogP contribution in [0.2, 0.25) is 0 Å². The highest BCUT2D eigenvalue weighted by molar-refractivity contribution is 7.98. The highest BCUT2D eigenvalue weighted by atomic mass is 32.2. The molecule has 1 saturated carbocycles. The third-order valence-corrected chi connectivity index (χ3v) is 6.14. The lowest BCUT2D eigenvalue weighted by Gasteiger charge is -2.46. The molecule has 2 aromatic rings. The molecule has 4 N–H and O–H groups in total. The van der Waals surface area contributed by atoms with Crippen LogP contribution in [-0.4, -0.2) is 23.8 Å². The Labute approximate surface area is 164 Å². The summed E-state index contributed by atoms with van der Waals surface area (Å²) < 4.78 is 0. The largest absolute Gasteiger partial charge is 0.369 e. The second-order valence-corrected chi connectivity index (χ2v) is 7.94. The van der Waals surface area contributed by atoms with E-state index in [1.807, 2.05) is 6.07 Å². The summed E-state index contributed by atoms with van der Waals surface area (Å²) in [5.41, 5.74) is 15.3. The monoisotopic (exact) mass is 379 g/mol. The average Bonchev–Trinajstić information content (AvgIpc) is 2.68. The molecule has 0 amide bonds. The molecule has 1 aliphatic heterocycles. The molecule has 0 unspecified atom stereocenters. The Hall–Kier alpha value is -2.47. The molecule has 1 heterocycles. The molecular weight excluding hydrogens is 354 g/mol. The van der Waals surface area contributed by atoms with Gasteiger partial charge in [0.25, 0.3) is 0 Å². The molecule has 2 aromatic carbocycles. The van der Waals surface area contributed by atoms with Crippen LogP contribution in [0.5, 0.6) is 0 Å². The summed E-state index contributed by atoms with van der Waals surface area (Å²) in [6, 6.07) is 17.0. The van der Waals surface area contributed by atoms with E-state index in [-0.39, 0.29) is 5.96 Å². The number of rotatable bonds is 3. The lowest BCUT2D eigenvalue weighted by Crippen LogP contribution is -2.58. The summed E-state index contributed by atoms with van der Waals surface area (Å²) in [7, 11) is 0. The van der Waals surface area contributed by atoms with Gasteiger partial charge in [0, 0.05) is 10.5 Å². The molecule has 6 heteroatoms. The second kappa shape index (κ2) is 7.27. The van der Waals surface area contributed by atoms with E-state index in [9.17, 15) is 0 Å². The van der Waals surface area contributed by atoms with Crippen molar-refractivity contribution in [2.75, 3.05) is 11.2 Å². The summed E-state index contributed by atoms with van der Waals surface area (Å²) in [5.74, 6) is 0.713. The number of hydrogen-bond donors (Lipinski definition) is 2. The normalized spacial score (nSPS) is 18.9. The van der Waals surface area contributed by atoms with Gasteiger partial charge in [-0.15, -0.1) is 11.8 Å². The summed E-state index contributed by atoms with van der Waals surface area (Å²) in [6.07, 6.45) is 7.41. The number of para-hydroxylation sites is 1. The maximum atomic E-state index is 6.41. The minimum Gasteiger partial charge on any atom is -0.369 e. The fraction of sp³-hybridized carbons (Fsp3) is 0.333. The Morgan fingerprint density at radius 3 is 2.37 bits per heavy atom. The van der Waals surface area contributed by atoms with Gasteiger partial charge in [-0.05, 0) is 55.7 Å². The SMILES string of the molecule is CSc1ccc(-c2ccccc2N2C(N)=NC(N)=NC23CCCCC3)cc1. The van der Waals surface area contributed by atoms with Crippen molar-refractivity contribution in [3.63, 3.8) is 0 Å². The van der Waals surface area contributed by atoms with Gasteiger partial charge in [-0.25, -0.2) is 4.99 Å². The molecule has 1 fully saturated rings. The third kappa shape index (κ3) is 3.30. The van der Waals surface area contributed by atoms with Crippen molar-refractivity contribution in [1.82, 2.24) is 0 Å². The molecule has 0 bridgehead atoms. The van der Waals surface area contributed by atoms with Crippen LogP contribution in [0, 0.1) is 0 Å². The average molecular weight is 380 g/mol. The first-order chi connectivity index (χ1) is 13.1. The van der Waals surface area contributed by atoms with E-state index in [0.29, 0.717) is 5.96 Å². The van der Waals surface area contributed by atoms with Gasteiger partial charge in [-0.2, -0.15) is 4.99 Å². The number of thioether (sulfide) groups is 1. The smallest absolute Gasteiger partial charge is 0.220 e. The van der Waals surface area contributed by atoms with Crippen LogP contribution in [0.3, 0.4) is 0 Å². The highest BCUT2D eigenvalue weighted by Crippen LogP contribution is 2.42. The minimum absolute atomic E-state index is 0.285. The van der Waals surface area contributed by atoms with E-state index in [1.165, 1.54) is 11.3 Å². The van der Waals surface area contributed by atoms with Crippen LogP contribution >= 0.6 is 11.8 Å². The molecule has 5 nitrogen and oxygen atoms in total. The Morgan fingerprint density at radius 1 is 0.963 bits per heavy atom. The van der Waals surface area contributed by atoms with E-state index in [2.05, 4.69) is 58.6 Å². The van der Waals surface area contributed by atoms with E-state index in [4.69, 9.17) is 16.5 Å². The maximum Gasteiger partial charge on any atom is 0.220 e. The van der Waals surface area contributed by atoms with Gasteiger partial charge in [0.2, 0.25) is 11.9 Å². The zero-order chi connectivity index (χ0) is 18.9. The third-order valence-electron chi connectivity index (χ3n) is 5.40. The number of hydrogen-bond acceptors (Lipinski definition) is 6. The molecule has 1 spiro atoms. The van der Waals surface area contributed by atoms with Gasteiger partial charge < -0.3 is 11.5 Å². The molecule has 0 saturated heterocycles. The number of nitrogens with two attached hydrogens (primary N) is 2. The Kier molecular flexibility index (Phi) is 4.83. The van der Waals surface area contributed by atoms with Crippen LogP contribution in [0.4, 0.5) is 5.69 Å². The van der Waals surface area contributed by atoms with E-state index >= 15 is 0 Å². The minimum atomic E-state index is -0.427. The van der Waals surface area contributed by atoms with Crippen LogP contribution in [0.1, 0.15) is 32.1 Å². The first-order valence-corrected chi connectivity index (χ1v) is 10.6.